The molecule has 2 aromatic heterocycles. The van der Waals surface area contributed by atoms with E-state index >= 15 is 0 Å². The topological polar surface area (TPSA) is 0 Å². The minimum atomic E-state index is 1.24. The van der Waals surface area contributed by atoms with Gasteiger partial charge in [0.1, 0.15) is 0 Å². The Morgan fingerprint density at radius 1 is 0.261 bits per heavy atom. The smallest absolute Gasteiger partial charge is 0.0534 e. The minimum Gasteiger partial charge on any atom is -0.134 e. The molecule has 0 fully saturated rings. The van der Waals surface area contributed by atoms with E-state index in [2.05, 4.69) is 158 Å². The third kappa shape index (κ3) is 3.84. The second kappa shape index (κ2) is 10.1. The quantitative estimate of drug-likeness (QED) is 0.173. The molecular weight excluding hydrogens is 593 g/mol. The van der Waals surface area contributed by atoms with E-state index < -0.39 is 0 Å². The average molecular weight is 619 g/mol. The van der Waals surface area contributed by atoms with Gasteiger partial charge in [0.2, 0.25) is 0 Å². The normalized spacial score (nSPS) is 11.9. The standard InChI is InChI=1S/C44H26S2/c1-2-11-27(12-3-1)41-32-16-4-6-18-34(32)42(35-19-7-5-17-33(35)41)30-14-10-13-28(25-30)29-21-24-40-38(26-29)37-23-22-36-31-15-8-9-20-39(31)45-43(36)44(37)46-40/h1-26H. The summed E-state index contributed by atoms with van der Waals surface area (Å²) in [7, 11) is 0. The van der Waals surface area contributed by atoms with Crippen LogP contribution in [0.2, 0.25) is 0 Å². The van der Waals surface area contributed by atoms with Gasteiger partial charge in [0.05, 0.1) is 9.40 Å². The van der Waals surface area contributed by atoms with Crippen LogP contribution in [0.15, 0.2) is 158 Å². The van der Waals surface area contributed by atoms with E-state index in [1.807, 2.05) is 22.7 Å². The fraction of sp³-hybridized carbons (Fsp3) is 0. The van der Waals surface area contributed by atoms with Crippen molar-refractivity contribution in [2.24, 2.45) is 0 Å². The molecule has 2 heterocycles. The van der Waals surface area contributed by atoms with E-state index in [-0.39, 0.29) is 0 Å². The van der Waals surface area contributed by atoms with Gasteiger partial charge in [-0.2, -0.15) is 0 Å². The van der Waals surface area contributed by atoms with Crippen molar-refractivity contribution in [1.29, 1.82) is 0 Å². The molecule has 0 spiro atoms. The van der Waals surface area contributed by atoms with Crippen molar-refractivity contribution in [3.8, 4) is 33.4 Å². The van der Waals surface area contributed by atoms with Crippen molar-refractivity contribution in [2.45, 2.75) is 0 Å². The summed E-state index contributed by atoms with van der Waals surface area (Å²) >= 11 is 3.84. The Morgan fingerprint density at radius 3 is 1.41 bits per heavy atom. The summed E-state index contributed by atoms with van der Waals surface area (Å²) in [4.78, 5) is 0. The van der Waals surface area contributed by atoms with Crippen LogP contribution in [0.3, 0.4) is 0 Å². The molecule has 0 atom stereocenters. The maximum absolute atomic E-state index is 2.40. The molecule has 214 valence electrons. The molecule has 8 aromatic carbocycles. The highest BCUT2D eigenvalue weighted by atomic mass is 32.1. The molecule has 0 saturated heterocycles. The highest BCUT2D eigenvalue weighted by Crippen LogP contribution is 2.46. The number of thiophene rings is 2. The van der Waals surface area contributed by atoms with E-state index in [0.29, 0.717) is 0 Å². The van der Waals surface area contributed by atoms with Crippen molar-refractivity contribution in [3.63, 3.8) is 0 Å². The van der Waals surface area contributed by atoms with Crippen LogP contribution >= 0.6 is 22.7 Å². The van der Waals surface area contributed by atoms with Crippen molar-refractivity contribution in [2.75, 3.05) is 0 Å². The van der Waals surface area contributed by atoms with E-state index in [0.717, 1.165) is 0 Å². The highest BCUT2D eigenvalue weighted by Gasteiger charge is 2.17. The first-order chi connectivity index (χ1) is 22.8. The van der Waals surface area contributed by atoms with Crippen molar-refractivity contribution in [1.82, 2.24) is 0 Å². The Labute approximate surface area is 274 Å². The maximum Gasteiger partial charge on any atom is 0.0534 e. The van der Waals surface area contributed by atoms with Gasteiger partial charge in [0.25, 0.3) is 0 Å². The fourth-order valence-electron chi connectivity index (χ4n) is 7.41. The Bertz CT molecular complexity index is 2740. The lowest BCUT2D eigenvalue weighted by Gasteiger charge is -2.18. The van der Waals surface area contributed by atoms with E-state index in [1.165, 1.54) is 95.3 Å². The highest BCUT2D eigenvalue weighted by molar-refractivity contribution is 7.33. The largest absolute Gasteiger partial charge is 0.134 e. The van der Waals surface area contributed by atoms with Crippen LogP contribution in [0, 0.1) is 0 Å². The van der Waals surface area contributed by atoms with Gasteiger partial charge in [-0.3, -0.25) is 0 Å². The Morgan fingerprint density at radius 2 is 0.739 bits per heavy atom. The SMILES string of the molecule is c1ccc(-c2c3ccccc3c(-c3cccc(-c4ccc5sc6c(ccc7c8ccccc8sc76)c5c4)c3)c3ccccc23)cc1. The van der Waals surface area contributed by atoms with Gasteiger partial charge < -0.3 is 0 Å². The van der Waals surface area contributed by atoms with Crippen LogP contribution in [0.25, 0.3) is 95.3 Å². The molecule has 10 aromatic rings. The van der Waals surface area contributed by atoms with Crippen LogP contribution in [0.1, 0.15) is 0 Å². The summed E-state index contributed by atoms with van der Waals surface area (Å²) in [5, 5.41) is 10.5. The molecule has 2 heteroatoms. The summed E-state index contributed by atoms with van der Waals surface area (Å²) in [6.45, 7) is 0. The van der Waals surface area contributed by atoms with E-state index in [9.17, 15) is 0 Å². The Hall–Kier alpha value is -5.28. The molecule has 0 saturated carbocycles. The molecule has 0 aliphatic carbocycles. The van der Waals surface area contributed by atoms with Gasteiger partial charge in [-0.15, -0.1) is 22.7 Å². The molecular formula is C44H26S2. The number of fused-ring (bicyclic) bond motifs is 9. The van der Waals surface area contributed by atoms with E-state index in [1.54, 1.807) is 0 Å². The molecule has 46 heavy (non-hydrogen) atoms. The first-order valence-electron chi connectivity index (χ1n) is 15.7. The molecule has 0 unspecified atom stereocenters. The van der Waals surface area contributed by atoms with Gasteiger partial charge in [0.15, 0.2) is 0 Å². The Balaban J connectivity index is 1.17. The van der Waals surface area contributed by atoms with Crippen LogP contribution in [-0.4, -0.2) is 0 Å². The lowest BCUT2D eigenvalue weighted by atomic mass is 9.85. The molecule has 0 bridgehead atoms. The zero-order valence-corrected chi connectivity index (χ0v) is 26.5. The molecule has 0 amide bonds. The monoisotopic (exact) mass is 618 g/mol. The molecule has 0 N–H and O–H groups in total. The third-order valence-electron chi connectivity index (χ3n) is 9.46. The summed E-state index contributed by atoms with van der Waals surface area (Å²) in [6, 6.07) is 58.2. The zero-order valence-electron chi connectivity index (χ0n) is 24.8. The second-order valence-corrected chi connectivity index (χ2v) is 14.1. The summed E-state index contributed by atoms with van der Waals surface area (Å²) in [5.74, 6) is 0. The van der Waals surface area contributed by atoms with Gasteiger partial charge in [0, 0.05) is 30.9 Å². The summed E-state index contributed by atoms with van der Waals surface area (Å²) in [5.41, 5.74) is 7.57. The van der Waals surface area contributed by atoms with Gasteiger partial charge in [-0.1, -0.05) is 133 Å². The van der Waals surface area contributed by atoms with Crippen LogP contribution in [-0.2, 0) is 0 Å². The summed E-state index contributed by atoms with van der Waals surface area (Å²) in [6.07, 6.45) is 0. The Kier molecular flexibility index (Phi) is 5.72. The average Bonchev–Trinajstić information content (AvgIpc) is 3.69. The minimum absolute atomic E-state index is 1.24. The second-order valence-electron chi connectivity index (χ2n) is 12.0. The van der Waals surface area contributed by atoms with Gasteiger partial charge in [-0.25, -0.2) is 0 Å². The molecule has 0 radical (unpaired) electrons. The number of benzene rings is 8. The molecule has 0 aliphatic rings. The first-order valence-corrected chi connectivity index (χ1v) is 17.3. The van der Waals surface area contributed by atoms with Crippen molar-refractivity contribution >= 4 is 84.6 Å². The lowest BCUT2D eigenvalue weighted by molar-refractivity contribution is 1.63. The van der Waals surface area contributed by atoms with Crippen LogP contribution < -0.4 is 0 Å². The predicted molar refractivity (Wildman–Crippen MR) is 204 cm³/mol. The van der Waals surface area contributed by atoms with Gasteiger partial charge in [-0.05, 0) is 79.2 Å². The number of hydrogen-bond donors (Lipinski definition) is 0. The maximum atomic E-state index is 2.40. The van der Waals surface area contributed by atoms with E-state index in [4.69, 9.17) is 0 Å². The molecule has 0 nitrogen and oxygen atoms in total. The summed E-state index contributed by atoms with van der Waals surface area (Å²) < 4.78 is 5.50. The molecule has 10 rings (SSSR count). The van der Waals surface area contributed by atoms with Crippen molar-refractivity contribution in [3.05, 3.63) is 158 Å². The number of rotatable bonds is 3. The predicted octanol–water partition coefficient (Wildman–Crippen LogP) is 13.7. The fourth-order valence-corrected chi connectivity index (χ4v) is 9.93. The van der Waals surface area contributed by atoms with Crippen molar-refractivity contribution < 1.29 is 0 Å². The zero-order chi connectivity index (χ0) is 30.2. The van der Waals surface area contributed by atoms with Crippen LogP contribution in [0.5, 0.6) is 0 Å². The number of hydrogen-bond acceptors (Lipinski definition) is 2. The van der Waals surface area contributed by atoms with Gasteiger partial charge >= 0.3 is 0 Å². The first kappa shape index (κ1) is 26.0. The lowest BCUT2D eigenvalue weighted by Crippen LogP contribution is -1.91. The molecule has 0 aliphatic heterocycles. The third-order valence-corrected chi connectivity index (χ3v) is 12.0. The van der Waals surface area contributed by atoms with Crippen LogP contribution in [0.4, 0.5) is 0 Å².